The molecule has 0 fully saturated rings. The van der Waals surface area contributed by atoms with E-state index >= 15 is 0 Å². The van der Waals surface area contributed by atoms with Gasteiger partial charge in [0.2, 0.25) is 0 Å². The van der Waals surface area contributed by atoms with Crippen molar-refractivity contribution in [2.75, 3.05) is 11.3 Å². The number of sulfonamides is 1. The summed E-state index contributed by atoms with van der Waals surface area (Å²) >= 11 is 0. The van der Waals surface area contributed by atoms with Crippen LogP contribution in [0.5, 0.6) is 5.75 Å². The van der Waals surface area contributed by atoms with E-state index in [1.165, 1.54) is 24.3 Å². The maximum Gasteiger partial charge on any atom is 0.573 e. The zero-order valence-electron chi connectivity index (χ0n) is 13.4. The van der Waals surface area contributed by atoms with Gasteiger partial charge in [0.05, 0.1) is 17.1 Å². The minimum atomic E-state index is -4.87. The molecule has 1 N–H and O–H groups in total. The molecule has 0 atom stereocenters. The van der Waals surface area contributed by atoms with Crippen molar-refractivity contribution < 1.29 is 35.9 Å². The number of halogens is 3. The summed E-state index contributed by atoms with van der Waals surface area (Å²) in [7, 11) is -4.07. The lowest BCUT2D eigenvalue weighted by molar-refractivity contribution is -0.274. The van der Waals surface area contributed by atoms with Gasteiger partial charge in [-0.3, -0.25) is 4.72 Å². The fourth-order valence-corrected chi connectivity index (χ4v) is 3.01. The summed E-state index contributed by atoms with van der Waals surface area (Å²) < 4.78 is 71.8. The minimum absolute atomic E-state index is 0.103. The number of carbonyl (C=O) groups is 1. The van der Waals surface area contributed by atoms with Crippen LogP contribution in [0, 0.1) is 0 Å². The van der Waals surface area contributed by atoms with Crippen molar-refractivity contribution in [3.8, 4) is 5.75 Å². The Morgan fingerprint density at radius 3 is 2.35 bits per heavy atom. The first kappa shape index (κ1) is 19.6. The van der Waals surface area contributed by atoms with Crippen LogP contribution >= 0.6 is 0 Å². The number of anilines is 1. The first-order valence-electron chi connectivity index (χ1n) is 7.26. The molecule has 0 unspecified atom stereocenters. The number of benzene rings is 2. The molecule has 10 heteroatoms. The monoisotopic (exact) mass is 389 g/mol. The molecule has 0 bridgehead atoms. The highest BCUT2D eigenvalue weighted by molar-refractivity contribution is 7.92. The number of rotatable bonds is 6. The number of esters is 1. The first-order valence-corrected chi connectivity index (χ1v) is 8.75. The fraction of sp³-hybridized carbons (Fsp3) is 0.188. The number of ether oxygens (including phenoxy) is 2. The van der Waals surface area contributed by atoms with Crippen molar-refractivity contribution in [3.63, 3.8) is 0 Å². The molecule has 26 heavy (non-hydrogen) atoms. The van der Waals surface area contributed by atoms with Crippen LogP contribution in [0.4, 0.5) is 18.9 Å². The van der Waals surface area contributed by atoms with Gasteiger partial charge in [-0.1, -0.05) is 6.07 Å². The normalized spacial score (nSPS) is 11.7. The second-order valence-electron chi connectivity index (χ2n) is 4.93. The summed E-state index contributed by atoms with van der Waals surface area (Å²) in [4.78, 5) is 11.4. The van der Waals surface area contributed by atoms with Gasteiger partial charge in [-0.15, -0.1) is 13.2 Å². The maximum atomic E-state index is 12.3. The number of carbonyl (C=O) groups excluding carboxylic acids is 1. The topological polar surface area (TPSA) is 81.7 Å². The summed E-state index contributed by atoms with van der Waals surface area (Å²) in [6.45, 7) is 1.80. The molecule has 0 aliphatic carbocycles. The fourth-order valence-electron chi connectivity index (χ4n) is 1.96. The Balaban J connectivity index is 2.18. The number of hydrogen-bond donors (Lipinski definition) is 1. The third kappa shape index (κ3) is 5.38. The van der Waals surface area contributed by atoms with Gasteiger partial charge in [-0.2, -0.15) is 0 Å². The zero-order valence-corrected chi connectivity index (χ0v) is 14.2. The van der Waals surface area contributed by atoms with E-state index in [4.69, 9.17) is 4.74 Å². The summed E-state index contributed by atoms with van der Waals surface area (Å²) in [6, 6.07) is 9.34. The quantitative estimate of drug-likeness (QED) is 0.764. The van der Waals surface area contributed by atoms with Crippen molar-refractivity contribution >= 4 is 21.7 Å². The molecule has 0 heterocycles. The van der Waals surface area contributed by atoms with Crippen LogP contribution in [-0.2, 0) is 14.8 Å². The van der Waals surface area contributed by atoms with Gasteiger partial charge in [-0.05, 0) is 49.4 Å². The van der Waals surface area contributed by atoms with Gasteiger partial charge in [0, 0.05) is 5.69 Å². The number of nitrogens with one attached hydrogen (secondary N) is 1. The lowest BCUT2D eigenvalue weighted by atomic mass is 10.2. The number of alkyl halides is 3. The predicted octanol–water partition coefficient (Wildman–Crippen LogP) is 3.56. The van der Waals surface area contributed by atoms with Crippen molar-refractivity contribution in [1.82, 2.24) is 0 Å². The zero-order chi connectivity index (χ0) is 19.4. The highest BCUT2D eigenvalue weighted by Gasteiger charge is 2.31. The van der Waals surface area contributed by atoms with Crippen molar-refractivity contribution in [3.05, 3.63) is 54.1 Å². The Labute approximate surface area is 147 Å². The maximum absolute atomic E-state index is 12.3. The SMILES string of the molecule is CCOC(=O)c1cccc(NS(=O)(=O)c2ccc(OC(F)(F)F)cc2)c1. The Bertz CT molecular complexity index is 880. The molecule has 0 spiro atoms. The van der Waals surface area contributed by atoms with Crippen LogP contribution in [0.1, 0.15) is 17.3 Å². The van der Waals surface area contributed by atoms with E-state index in [0.29, 0.717) is 0 Å². The van der Waals surface area contributed by atoms with Crippen LogP contribution in [-0.4, -0.2) is 27.4 Å². The van der Waals surface area contributed by atoms with Gasteiger partial charge >= 0.3 is 12.3 Å². The van der Waals surface area contributed by atoms with Crippen LogP contribution in [0.25, 0.3) is 0 Å². The third-order valence-corrected chi connectivity index (χ3v) is 4.39. The molecule has 2 rings (SSSR count). The minimum Gasteiger partial charge on any atom is -0.462 e. The van der Waals surface area contributed by atoms with E-state index in [1.54, 1.807) is 6.92 Å². The molecule has 6 nitrogen and oxygen atoms in total. The van der Waals surface area contributed by atoms with Gasteiger partial charge in [0.15, 0.2) is 0 Å². The molecule has 0 saturated heterocycles. The summed E-state index contributed by atoms with van der Waals surface area (Å²) in [5, 5.41) is 0. The van der Waals surface area contributed by atoms with Crippen molar-refractivity contribution in [2.24, 2.45) is 0 Å². The molecule has 2 aromatic carbocycles. The summed E-state index contributed by atoms with van der Waals surface area (Å²) in [5.41, 5.74) is 0.257. The predicted molar refractivity (Wildman–Crippen MR) is 86.3 cm³/mol. The Kier molecular flexibility index (Phi) is 5.76. The lowest BCUT2D eigenvalue weighted by Gasteiger charge is -2.11. The average molecular weight is 389 g/mol. The molecule has 0 radical (unpaired) electrons. The highest BCUT2D eigenvalue weighted by atomic mass is 32.2. The summed E-state index contributed by atoms with van der Waals surface area (Å²) in [5.74, 6) is -1.15. The summed E-state index contributed by atoms with van der Waals surface area (Å²) in [6.07, 6.45) is -4.87. The first-order chi connectivity index (χ1) is 12.1. The standard InChI is InChI=1S/C16H14F3NO5S/c1-2-24-15(21)11-4-3-5-12(10-11)20-26(22,23)14-8-6-13(7-9-14)25-16(17,18)19/h3-10,20H,2H2,1H3. The molecule has 0 aliphatic rings. The van der Waals surface area contributed by atoms with Gasteiger partial charge in [0.1, 0.15) is 5.75 Å². The molecule has 2 aromatic rings. The Hall–Kier alpha value is -2.75. The third-order valence-electron chi connectivity index (χ3n) is 2.99. The van der Waals surface area contributed by atoms with E-state index < -0.39 is 28.1 Å². The van der Waals surface area contributed by atoms with E-state index in [9.17, 15) is 26.4 Å². The molecule has 0 aliphatic heterocycles. The molecular weight excluding hydrogens is 375 g/mol. The molecular formula is C16H14F3NO5S. The Morgan fingerprint density at radius 1 is 1.12 bits per heavy atom. The van der Waals surface area contributed by atoms with Crippen LogP contribution < -0.4 is 9.46 Å². The largest absolute Gasteiger partial charge is 0.573 e. The van der Waals surface area contributed by atoms with Crippen LogP contribution in [0.3, 0.4) is 0 Å². The van der Waals surface area contributed by atoms with Gasteiger partial charge in [0.25, 0.3) is 10.0 Å². The van der Waals surface area contributed by atoms with E-state index in [2.05, 4.69) is 9.46 Å². The van der Waals surface area contributed by atoms with Crippen molar-refractivity contribution in [1.29, 1.82) is 0 Å². The van der Waals surface area contributed by atoms with E-state index in [-0.39, 0.29) is 22.8 Å². The Morgan fingerprint density at radius 2 is 1.77 bits per heavy atom. The average Bonchev–Trinajstić information content (AvgIpc) is 2.54. The van der Waals surface area contributed by atoms with E-state index in [1.807, 2.05) is 0 Å². The second kappa shape index (κ2) is 7.65. The van der Waals surface area contributed by atoms with E-state index in [0.717, 1.165) is 24.3 Å². The van der Waals surface area contributed by atoms with Crippen LogP contribution in [0.2, 0.25) is 0 Å². The van der Waals surface area contributed by atoms with Gasteiger partial charge < -0.3 is 9.47 Å². The molecule has 0 amide bonds. The smallest absolute Gasteiger partial charge is 0.462 e. The highest BCUT2D eigenvalue weighted by Crippen LogP contribution is 2.25. The number of hydrogen-bond acceptors (Lipinski definition) is 5. The molecule has 0 saturated carbocycles. The molecule has 0 aromatic heterocycles. The second-order valence-corrected chi connectivity index (χ2v) is 6.61. The van der Waals surface area contributed by atoms with Crippen LogP contribution in [0.15, 0.2) is 53.4 Å². The van der Waals surface area contributed by atoms with Crippen molar-refractivity contribution in [2.45, 2.75) is 18.2 Å². The van der Waals surface area contributed by atoms with Gasteiger partial charge in [-0.25, -0.2) is 13.2 Å². The lowest BCUT2D eigenvalue weighted by Crippen LogP contribution is -2.17. The molecule has 140 valence electrons.